The molecule has 2 heterocycles. The number of nitrogens with zero attached hydrogens (tertiary/aromatic N) is 3. The first-order valence-electron chi connectivity index (χ1n) is 8.29. The van der Waals surface area contributed by atoms with Crippen LogP contribution in [0.3, 0.4) is 0 Å². The van der Waals surface area contributed by atoms with Gasteiger partial charge in [-0.2, -0.15) is 0 Å². The molecule has 0 aliphatic carbocycles. The molecular formula is C19H22N4O2. The van der Waals surface area contributed by atoms with Crippen LogP contribution in [0.15, 0.2) is 47.1 Å². The molecule has 0 unspecified atom stereocenters. The Balaban J connectivity index is 1.75. The molecule has 1 N–H and O–H groups in total. The van der Waals surface area contributed by atoms with E-state index in [1.165, 1.54) is 0 Å². The van der Waals surface area contributed by atoms with Gasteiger partial charge in [-0.05, 0) is 41.3 Å². The number of methoxy groups -OCH3 is 1. The monoisotopic (exact) mass is 338 g/mol. The van der Waals surface area contributed by atoms with Gasteiger partial charge in [0.25, 0.3) is 0 Å². The molecule has 3 aromatic rings. The SMILES string of the molecule is COc1ccc(-c2ccncc2)cc1CNc1nnc(CC(C)C)o1. The maximum absolute atomic E-state index is 5.62. The molecule has 6 nitrogen and oxygen atoms in total. The minimum atomic E-state index is 0.423. The Kier molecular flexibility index (Phi) is 5.28. The Morgan fingerprint density at radius 3 is 2.60 bits per heavy atom. The Labute approximate surface area is 147 Å². The van der Waals surface area contributed by atoms with Gasteiger partial charge < -0.3 is 14.5 Å². The molecule has 1 aromatic carbocycles. The van der Waals surface area contributed by atoms with Crippen molar-refractivity contribution < 1.29 is 9.15 Å². The molecule has 0 radical (unpaired) electrons. The number of aromatic nitrogens is 3. The Morgan fingerprint density at radius 1 is 1.08 bits per heavy atom. The van der Waals surface area contributed by atoms with Crippen LogP contribution < -0.4 is 10.1 Å². The van der Waals surface area contributed by atoms with Crippen molar-refractivity contribution in [1.82, 2.24) is 15.2 Å². The zero-order valence-electron chi connectivity index (χ0n) is 14.7. The van der Waals surface area contributed by atoms with E-state index in [4.69, 9.17) is 9.15 Å². The molecule has 0 aliphatic heterocycles. The number of hydrogen-bond acceptors (Lipinski definition) is 6. The molecule has 25 heavy (non-hydrogen) atoms. The molecule has 0 amide bonds. The van der Waals surface area contributed by atoms with E-state index in [0.29, 0.717) is 24.4 Å². The van der Waals surface area contributed by atoms with Crippen molar-refractivity contribution in [2.45, 2.75) is 26.8 Å². The van der Waals surface area contributed by atoms with Gasteiger partial charge in [0.1, 0.15) is 5.75 Å². The number of rotatable bonds is 7. The van der Waals surface area contributed by atoms with Gasteiger partial charge in [0.2, 0.25) is 5.89 Å². The van der Waals surface area contributed by atoms with Crippen LogP contribution in [-0.4, -0.2) is 22.3 Å². The van der Waals surface area contributed by atoms with Crippen molar-refractivity contribution in [2.24, 2.45) is 5.92 Å². The van der Waals surface area contributed by atoms with E-state index >= 15 is 0 Å². The minimum Gasteiger partial charge on any atom is -0.496 e. The lowest BCUT2D eigenvalue weighted by Gasteiger charge is -2.11. The first-order chi connectivity index (χ1) is 12.2. The molecule has 0 atom stereocenters. The summed E-state index contributed by atoms with van der Waals surface area (Å²) in [6, 6.07) is 10.5. The lowest BCUT2D eigenvalue weighted by Crippen LogP contribution is -2.02. The normalized spacial score (nSPS) is 10.9. The molecule has 6 heteroatoms. The number of ether oxygens (including phenoxy) is 1. The minimum absolute atomic E-state index is 0.423. The second-order valence-corrected chi connectivity index (χ2v) is 6.21. The van der Waals surface area contributed by atoms with E-state index < -0.39 is 0 Å². The van der Waals surface area contributed by atoms with Gasteiger partial charge in [-0.15, -0.1) is 5.10 Å². The van der Waals surface area contributed by atoms with Crippen LogP contribution in [0.25, 0.3) is 11.1 Å². The zero-order chi connectivity index (χ0) is 17.6. The summed E-state index contributed by atoms with van der Waals surface area (Å²) in [7, 11) is 1.67. The van der Waals surface area contributed by atoms with E-state index in [0.717, 1.165) is 28.9 Å². The van der Waals surface area contributed by atoms with Crippen molar-refractivity contribution in [1.29, 1.82) is 0 Å². The summed E-state index contributed by atoms with van der Waals surface area (Å²) in [4.78, 5) is 4.06. The lowest BCUT2D eigenvalue weighted by atomic mass is 10.0. The van der Waals surface area contributed by atoms with E-state index in [9.17, 15) is 0 Å². The fourth-order valence-electron chi connectivity index (χ4n) is 2.57. The van der Waals surface area contributed by atoms with E-state index in [2.05, 4.69) is 40.4 Å². The van der Waals surface area contributed by atoms with E-state index in [-0.39, 0.29) is 0 Å². The fraction of sp³-hybridized carbons (Fsp3) is 0.316. The third kappa shape index (κ3) is 4.35. The highest BCUT2D eigenvalue weighted by Crippen LogP contribution is 2.27. The maximum atomic E-state index is 5.62. The van der Waals surface area contributed by atoms with Crippen LogP contribution in [0.2, 0.25) is 0 Å². The van der Waals surface area contributed by atoms with Gasteiger partial charge in [0, 0.05) is 30.9 Å². The van der Waals surface area contributed by atoms with Gasteiger partial charge in [0.15, 0.2) is 0 Å². The standard InChI is InChI=1S/C19H22N4O2/c1-13(2)10-18-22-23-19(25-18)21-12-16-11-15(4-5-17(16)24-3)14-6-8-20-9-7-14/h4-9,11,13H,10,12H2,1-3H3,(H,21,23). The molecule has 0 spiro atoms. The summed E-state index contributed by atoms with van der Waals surface area (Å²) in [5.74, 6) is 1.94. The Morgan fingerprint density at radius 2 is 1.88 bits per heavy atom. The largest absolute Gasteiger partial charge is 0.496 e. The van der Waals surface area contributed by atoms with Gasteiger partial charge in [-0.25, -0.2) is 0 Å². The fourth-order valence-corrected chi connectivity index (χ4v) is 2.57. The van der Waals surface area contributed by atoms with Crippen LogP contribution in [0.1, 0.15) is 25.3 Å². The predicted molar refractivity (Wildman–Crippen MR) is 96.4 cm³/mol. The maximum Gasteiger partial charge on any atom is 0.315 e. The first-order valence-corrected chi connectivity index (χ1v) is 8.29. The molecule has 0 fully saturated rings. The number of pyridine rings is 1. The van der Waals surface area contributed by atoms with E-state index in [1.807, 2.05) is 24.3 Å². The molecule has 130 valence electrons. The van der Waals surface area contributed by atoms with Gasteiger partial charge in [-0.1, -0.05) is 25.0 Å². The summed E-state index contributed by atoms with van der Waals surface area (Å²) in [5, 5.41) is 11.3. The van der Waals surface area contributed by atoms with Crippen molar-refractivity contribution in [2.75, 3.05) is 12.4 Å². The topological polar surface area (TPSA) is 73.1 Å². The molecular weight excluding hydrogens is 316 g/mol. The average Bonchev–Trinajstić information content (AvgIpc) is 3.07. The number of hydrogen-bond donors (Lipinski definition) is 1. The van der Waals surface area contributed by atoms with Crippen molar-refractivity contribution >= 4 is 6.01 Å². The predicted octanol–water partition coefficient (Wildman–Crippen LogP) is 3.95. The molecule has 2 aromatic heterocycles. The first kappa shape index (κ1) is 17.0. The average molecular weight is 338 g/mol. The number of anilines is 1. The summed E-state index contributed by atoms with van der Waals surface area (Å²) >= 11 is 0. The third-order valence-corrected chi connectivity index (χ3v) is 3.77. The van der Waals surface area contributed by atoms with E-state index in [1.54, 1.807) is 19.5 Å². The van der Waals surface area contributed by atoms with Gasteiger partial charge >= 0.3 is 6.01 Å². The third-order valence-electron chi connectivity index (χ3n) is 3.77. The van der Waals surface area contributed by atoms with Crippen LogP contribution >= 0.6 is 0 Å². The summed E-state index contributed by atoms with van der Waals surface area (Å²) in [5.41, 5.74) is 3.22. The summed E-state index contributed by atoms with van der Waals surface area (Å²) in [6.07, 6.45) is 4.34. The van der Waals surface area contributed by atoms with Crippen molar-refractivity contribution in [3.05, 3.63) is 54.2 Å². The summed E-state index contributed by atoms with van der Waals surface area (Å²) in [6.45, 7) is 4.77. The number of nitrogens with one attached hydrogen (secondary N) is 1. The number of benzene rings is 1. The van der Waals surface area contributed by atoms with Crippen molar-refractivity contribution in [3.8, 4) is 16.9 Å². The summed E-state index contributed by atoms with van der Waals surface area (Å²) < 4.78 is 11.1. The van der Waals surface area contributed by atoms with Crippen LogP contribution in [0.5, 0.6) is 5.75 Å². The highest BCUT2D eigenvalue weighted by Gasteiger charge is 2.10. The highest BCUT2D eigenvalue weighted by molar-refractivity contribution is 5.65. The van der Waals surface area contributed by atoms with Crippen LogP contribution in [0.4, 0.5) is 6.01 Å². The smallest absolute Gasteiger partial charge is 0.315 e. The van der Waals surface area contributed by atoms with Gasteiger partial charge in [0.05, 0.1) is 7.11 Å². The molecule has 0 saturated heterocycles. The zero-order valence-corrected chi connectivity index (χ0v) is 14.7. The molecule has 0 saturated carbocycles. The second kappa shape index (κ2) is 7.79. The van der Waals surface area contributed by atoms with Crippen LogP contribution in [-0.2, 0) is 13.0 Å². The van der Waals surface area contributed by atoms with Gasteiger partial charge in [-0.3, -0.25) is 4.98 Å². The Bertz CT molecular complexity index is 815. The second-order valence-electron chi connectivity index (χ2n) is 6.21. The van der Waals surface area contributed by atoms with Crippen LogP contribution in [0, 0.1) is 5.92 Å². The molecule has 0 bridgehead atoms. The molecule has 3 rings (SSSR count). The van der Waals surface area contributed by atoms with Crippen molar-refractivity contribution in [3.63, 3.8) is 0 Å². The highest BCUT2D eigenvalue weighted by atomic mass is 16.5. The lowest BCUT2D eigenvalue weighted by molar-refractivity contribution is 0.410. The Hall–Kier alpha value is -2.89. The molecule has 0 aliphatic rings. The quantitative estimate of drug-likeness (QED) is 0.703.